The van der Waals surface area contributed by atoms with Crippen molar-refractivity contribution in [1.82, 2.24) is 15.1 Å². The normalized spacial score (nSPS) is 9.72. The first-order chi connectivity index (χ1) is 8.42. The Labute approximate surface area is 107 Å². The van der Waals surface area contributed by atoms with E-state index < -0.39 is 5.97 Å². The maximum atomic E-state index is 11.9. The van der Waals surface area contributed by atoms with E-state index in [4.69, 9.17) is 5.11 Å². The van der Waals surface area contributed by atoms with Gasteiger partial charge in [-0.25, -0.2) is 4.79 Å². The van der Waals surface area contributed by atoms with Crippen LogP contribution < -0.4 is 5.32 Å². The summed E-state index contributed by atoms with van der Waals surface area (Å²) in [4.78, 5) is 36.2. The maximum Gasteiger partial charge on any atom is 0.323 e. The molecule has 0 aromatic carbocycles. The van der Waals surface area contributed by atoms with Crippen LogP contribution in [0.25, 0.3) is 0 Å². The van der Waals surface area contributed by atoms with Gasteiger partial charge in [0.2, 0.25) is 5.91 Å². The lowest BCUT2D eigenvalue weighted by Crippen LogP contribution is -2.45. The third-order valence-electron chi connectivity index (χ3n) is 2.37. The van der Waals surface area contributed by atoms with Gasteiger partial charge in [0.15, 0.2) is 0 Å². The zero-order valence-corrected chi connectivity index (χ0v) is 11.1. The molecule has 0 fully saturated rings. The van der Waals surface area contributed by atoms with Crippen molar-refractivity contribution < 1.29 is 19.5 Å². The number of nitrogens with one attached hydrogen (secondary N) is 1. The van der Waals surface area contributed by atoms with E-state index in [0.29, 0.717) is 13.0 Å². The molecule has 0 aliphatic heterocycles. The maximum absolute atomic E-state index is 11.9. The van der Waals surface area contributed by atoms with Crippen LogP contribution in [0.2, 0.25) is 0 Å². The molecule has 0 rings (SSSR count). The van der Waals surface area contributed by atoms with E-state index in [9.17, 15) is 14.4 Å². The summed E-state index contributed by atoms with van der Waals surface area (Å²) in [5, 5.41) is 11.2. The second-order valence-electron chi connectivity index (χ2n) is 3.94. The number of amides is 3. The van der Waals surface area contributed by atoms with Crippen molar-refractivity contribution in [2.75, 3.05) is 33.7 Å². The number of carboxylic acid groups (broad SMARTS) is 1. The van der Waals surface area contributed by atoms with Gasteiger partial charge in [0, 0.05) is 33.6 Å². The van der Waals surface area contributed by atoms with Crippen molar-refractivity contribution >= 4 is 17.9 Å². The molecule has 0 spiro atoms. The number of carboxylic acids is 1. The molecule has 104 valence electrons. The van der Waals surface area contributed by atoms with Gasteiger partial charge < -0.3 is 20.2 Å². The van der Waals surface area contributed by atoms with Crippen molar-refractivity contribution in [2.24, 2.45) is 0 Å². The summed E-state index contributed by atoms with van der Waals surface area (Å²) < 4.78 is 0. The Morgan fingerprint density at radius 1 is 1.22 bits per heavy atom. The molecule has 18 heavy (non-hydrogen) atoms. The Morgan fingerprint density at radius 2 is 1.83 bits per heavy atom. The van der Waals surface area contributed by atoms with Crippen LogP contribution in [0.3, 0.4) is 0 Å². The monoisotopic (exact) mass is 259 g/mol. The van der Waals surface area contributed by atoms with Crippen LogP contribution in [0.5, 0.6) is 0 Å². The highest BCUT2D eigenvalue weighted by Gasteiger charge is 2.19. The second-order valence-corrected chi connectivity index (χ2v) is 3.94. The van der Waals surface area contributed by atoms with Crippen LogP contribution in [0.15, 0.2) is 0 Å². The van der Waals surface area contributed by atoms with Gasteiger partial charge in [-0.2, -0.15) is 0 Å². The topological polar surface area (TPSA) is 90.0 Å². The number of carbonyl (C=O) groups is 3. The molecular formula is C11H21N3O4. The van der Waals surface area contributed by atoms with Gasteiger partial charge in [-0.1, -0.05) is 6.92 Å². The molecule has 2 N–H and O–H groups in total. The highest BCUT2D eigenvalue weighted by molar-refractivity contribution is 5.81. The highest BCUT2D eigenvalue weighted by atomic mass is 16.4. The van der Waals surface area contributed by atoms with E-state index in [1.54, 1.807) is 7.05 Å². The van der Waals surface area contributed by atoms with Crippen LogP contribution in [0.4, 0.5) is 4.79 Å². The van der Waals surface area contributed by atoms with Gasteiger partial charge in [0.05, 0.1) is 0 Å². The Morgan fingerprint density at radius 3 is 2.28 bits per heavy atom. The Hall–Kier alpha value is -1.79. The molecule has 0 bridgehead atoms. The molecule has 0 aromatic rings. The van der Waals surface area contributed by atoms with Crippen molar-refractivity contribution in [2.45, 2.75) is 19.8 Å². The fraction of sp³-hybridized carbons (Fsp3) is 0.727. The predicted molar refractivity (Wildman–Crippen MR) is 66.2 cm³/mol. The number of hydrogen-bond donors (Lipinski definition) is 2. The zero-order chi connectivity index (χ0) is 14.1. The highest BCUT2D eigenvalue weighted by Crippen LogP contribution is 2.00. The average molecular weight is 259 g/mol. The summed E-state index contributed by atoms with van der Waals surface area (Å²) >= 11 is 0. The average Bonchev–Trinajstić information content (AvgIpc) is 2.33. The number of urea groups is 1. The fourth-order valence-corrected chi connectivity index (χ4v) is 1.41. The molecule has 3 amide bonds. The number of hydrogen-bond acceptors (Lipinski definition) is 3. The fourth-order valence-electron chi connectivity index (χ4n) is 1.41. The number of carbonyl (C=O) groups excluding carboxylic acids is 2. The minimum Gasteiger partial charge on any atom is -0.480 e. The molecule has 0 saturated heterocycles. The molecule has 0 atom stereocenters. The van der Waals surface area contributed by atoms with E-state index in [0.717, 1.165) is 0 Å². The van der Waals surface area contributed by atoms with Gasteiger partial charge in [0.1, 0.15) is 6.54 Å². The first-order valence-electron chi connectivity index (χ1n) is 5.84. The van der Waals surface area contributed by atoms with E-state index in [2.05, 4.69) is 5.32 Å². The lowest BCUT2D eigenvalue weighted by atomic mass is 10.3. The standard InChI is InChI=1S/C11H21N3O4/c1-4-6-14(8-10(16)17)11(18)13(3)7-5-9(15)12-2/h4-8H2,1-3H3,(H,12,15)(H,16,17). The molecule has 0 aromatic heterocycles. The lowest BCUT2D eigenvalue weighted by molar-refractivity contribution is -0.137. The Bertz CT molecular complexity index is 307. The second kappa shape index (κ2) is 8.32. The van der Waals surface area contributed by atoms with Gasteiger partial charge >= 0.3 is 12.0 Å². The predicted octanol–water partition coefficient (Wildman–Crippen LogP) is -0.0291. The third kappa shape index (κ3) is 6.07. The Balaban J connectivity index is 4.36. The molecule has 0 radical (unpaired) electrons. The molecule has 7 heteroatoms. The van der Waals surface area contributed by atoms with Gasteiger partial charge in [-0.3, -0.25) is 9.59 Å². The summed E-state index contributed by atoms with van der Waals surface area (Å²) in [6.45, 7) is 2.19. The number of nitrogens with zero attached hydrogens (tertiary/aromatic N) is 2. The summed E-state index contributed by atoms with van der Waals surface area (Å²) in [6, 6.07) is -0.372. The minimum atomic E-state index is -1.04. The zero-order valence-electron chi connectivity index (χ0n) is 11.1. The van der Waals surface area contributed by atoms with Crippen LogP contribution in [-0.2, 0) is 9.59 Å². The number of rotatable bonds is 7. The smallest absolute Gasteiger partial charge is 0.323 e. The van der Waals surface area contributed by atoms with Crippen LogP contribution in [0, 0.1) is 0 Å². The van der Waals surface area contributed by atoms with E-state index in [-0.39, 0.29) is 31.4 Å². The first-order valence-corrected chi connectivity index (χ1v) is 5.84. The molecule has 0 heterocycles. The van der Waals surface area contributed by atoms with Crippen molar-refractivity contribution in [1.29, 1.82) is 0 Å². The van der Waals surface area contributed by atoms with Crippen molar-refractivity contribution in [3.05, 3.63) is 0 Å². The lowest BCUT2D eigenvalue weighted by Gasteiger charge is -2.26. The van der Waals surface area contributed by atoms with Crippen molar-refractivity contribution in [3.8, 4) is 0 Å². The van der Waals surface area contributed by atoms with Crippen LogP contribution in [0.1, 0.15) is 19.8 Å². The Kier molecular flexibility index (Phi) is 7.50. The molecular weight excluding hydrogens is 238 g/mol. The first kappa shape index (κ1) is 16.2. The molecule has 0 unspecified atom stereocenters. The summed E-state index contributed by atoms with van der Waals surface area (Å²) in [5.74, 6) is -1.20. The molecule has 0 aliphatic rings. The van der Waals surface area contributed by atoms with Crippen LogP contribution in [-0.4, -0.2) is 66.5 Å². The van der Waals surface area contributed by atoms with E-state index in [1.165, 1.54) is 16.8 Å². The quantitative estimate of drug-likeness (QED) is 0.672. The molecule has 7 nitrogen and oxygen atoms in total. The minimum absolute atomic E-state index is 0.157. The van der Waals surface area contributed by atoms with E-state index in [1.807, 2.05) is 6.92 Å². The third-order valence-corrected chi connectivity index (χ3v) is 2.37. The van der Waals surface area contributed by atoms with Crippen LogP contribution >= 0.6 is 0 Å². The summed E-state index contributed by atoms with van der Waals surface area (Å²) in [7, 11) is 3.08. The largest absolute Gasteiger partial charge is 0.480 e. The van der Waals surface area contributed by atoms with Gasteiger partial charge in [-0.15, -0.1) is 0 Å². The SMILES string of the molecule is CCCN(CC(=O)O)C(=O)N(C)CCC(=O)NC. The summed E-state index contributed by atoms with van der Waals surface area (Å²) in [6.07, 6.45) is 0.883. The molecule has 0 aliphatic carbocycles. The van der Waals surface area contributed by atoms with Gasteiger partial charge in [-0.05, 0) is 6.42 Å². The molecule has 0 saturated carbocycles. The number of aliphatic carboxylic acids is 1. The summed E-state index contributed by atoms with van der Waals surface area (Å²) in [5.41, 5.74) is 0. The van der Waals surface area contributed by atoms with Crippen molar-refractivity contribution in [3.63, 3.8) is 0 Å². The van der Waals surface area contributed by atoms with Gasteiger partial charge in [0.25, 0.3) is 0 Å². The van der Waals surface area contributed by atoms with E-state index >= 15 is 0 Å².